The number of aliphatic hydroxyl groups is 1. The van der Waals surface area contributed by atoms with Gasteiger partial charge < -0.3 is 15.3 Å². The second-order valence-electron chi connectivity index (χ2n) is 4.62. The standard InChI is InChI=1S/C11H18O5/c1-6-8(5-11(15)16)7(4-10(13)14)2-3-9(6)12/h6-9,12H,2-5H2,1H3,(H,13,14)(H,15,16)/t6-,7+,8+,9+/m1/s1. The molecule has 0 aromatic rings. The van der Waals surface area contributed by atoms with Crippen LogP contribution in [0.1, 0.15) is 32.6 Å². The van der Waals surface area contributed by atoms with Gasteiger partial charge in [-0.25, -0.2) is 0 Å². The van der Waals surface area contributed by atoms with Crippen molar-refractivity contribution >= 4 is 11.9 Å². The Morgan fingerprint density at radius 3 is 2.19 bits per heavy atom. The van der Waals surface area contributed by atoms with E-state index in [0.717, 1.165) is 0 Å². The number of rotatable bonds is 4. The molecule has 0 unspecified atom stereocenters. The zero-order valence-corrected chi connectivity index (χ0v) is 9.30. The first kappa shape index (κ1) is 13.0. The normalized spacial score (nSPS) is 34.6. The summed E-state index contributed by atoms with van der Waals surface area (Å²) in [6.07, 6.45) is 0.588. The minimum Gasteiger partial charge on any atom is -0.481 e. The summed E-state index contributed by atoms with van der Waals surface area (Å²) in [7, 11) is 0. The molecule has 92 valence electrons. The van der Waals surface area contributed by atoms with Gasteiger partial charge in [-0.1, -0.05) is 6.92 Å². The lowest BCUT2D eigenvalue weighted by atomic mass is 9.69. The summed E-state index contributed by atoms with van der Waals surface area (Å²) >= 11 is 0. The summed E-state index contributed by atoms with van der Waals surface area (Å²) in [6.45, 7) is 1.80. The van der Waals surface area contributed by atoms with Crippen molar-refractivity contribution in [1.29, 1.82) is 0 Å². The van der Waals surface area contributed by atoms with Gasteiger partial charge in [-0.05, 0) is 30.6 Å². The number of carboxylic acid groups (broad SMARTS) is 2. The summed E-state index contributed by atoms with van der Waals surface area (Å²) in [6, 6.07) is 0. The molecule has 0 heterocycles. The first-order valence-electron chi connectivity index (χ1n) is 5.53. The van der Waals surface area contributed by atoms with Crippen LogP contribution in [0.15, 0.2) is 0 Å². The van der Waals surface area contributed by atoms with Crippen LogP contribution in [0.2, 0.25) is 0 Å². The molecule has 0 aliphatic heterocycles. The third-order valence-corrected chi connectivity index (χ3v) is 3.57. The van der Waals surface area contributed by atoms with Crippen LogP contribution in [0.3, 0.4) is 0 Å². The van der Waals surface area contributed by atoms with E-state index >= 15 is 0 Å². The number of aliphatic carboxylic acids is 2. The van der Waals surface area contributed by atoms with Gasteiger partial charge in [0.25, 0.3) is 0 Å². The predicted octanol–water partition coefficient (Wildman–Crippen LogP) is 0.959. The Morgan fingerprint density at radius 1 is 1.12 bits per heavy atom. The quantitative estimate of drug-likeness (QED) is 0.668. The Labute approximate surface area is 94.1 Å². The van der Waals surface area contributed by atoms with Gasteiger partial charge in [0.2, 0.25) is 0 Å². The SMILES string of the molecule is C[C@@H]1[C@H](CC(=O)O)[C@H](CC(=O)O)CC[C@@H]1O. The smallest absolute Gasteiger partial charge is 0.303 e. The molecule has 0 radical (unpaired) electrons. The van der Waals surface area contributed by atoms with Gasteiger partial charge in [-0.3, -0.25) is 9.59 Å². The highest BCUT2D eigenvalue weighted by molar-refractivity contribution is 5.68. The second kappa shape index (κ2) is 5.30. The van der Waals surface area contributed by atoms with Gasteiger partial charge >= 0.3 is 11.9 Å². The van der Waals surface area contributed by atoms with Crippen molar-refractivity contribution in [2.24, 2.45) is 17.8 Å². The average molecular weight is 230 g/mol. The van der Waals surface area contributed by atoms with Crippen LogP contribution in [0.5, 0.6) is 0 Å². The second-order valence-corrected chi connectivity index (χ2v) is 4.62. The van der Waals surface area contributed by atoms with Crippen molar-refractivity contribution in [3.8, 4) is 0 Å². The molecule has 1 aliphatic rings. The van der Waals surface area contributed by atoms with Crippen molar-refractivity contribution in [3.63, 3.8) is 0 Å². The van der Waals surface area contributed by atoms with E-state index in [1.807, 2.05) is 0 Å². The van der Waals surface area contributed by atoms with Crippen LogP contribution in [0.25, 0.3) is 0 Å². The molecule has 3 N–H and O–H groups in total. The van der Waals surface area contributed by atoms with Gasteiger partial charge in [0.05, 0.1) is 6.10 Å². The van der Waals surface area contributed by atoms with Crippen LogP contribution in [-0.4, -0.2) is 33.4 Å². The molecule has 0 saturated heterocycles. The van der Waals surface area contributed by atoms with Crippen LogP contribution in [-0.2, 0) is 9.59 Å². The van der Waals surface area contributed by atoms with Crippen molar-refractivity contribution < 1.29 is 24.9 Å². The third kappa shape index (κ3) is 3.20. The number of hydrogen-bond donors (Lipinski definition) is 3. The van der Waals surface area contributed by atoms with Gasteiger partial charge in [0, 0.05) is 12.8 Å². The molecule has 5 nitrogen and oxygen atoms in total. The molecule has 0 amide bonds. The Morgan fingerprint density at radius 2 is 1.69 bits per heavy atom. The summed E-state index contributed by atoms with van der Waals surface area (Å²) in [5.41, 5.74) is 0. The fourth-order valence-electron chi connectivity index (χ4n) is 2.61. The molecule has 1 rings (SSSR count). The van der Waals surface area contributed by atoms with Crippen molar-refractivity contribution in [3.05, 3.63) is 0 Å². The summed E-state index contributed by atoms with van der Waals surface area (Å²) in [4.78, 5) is 21.4. The largest absolute Gasteiger partial charge is 0.481 e. The monoisotopic (exact) mass is 230 g/mol. The minimum atomic E-state index is -0.929. The van der Waals surface area contributed by atoms with Gasteiger partial charge in [-0.2, -0.15) is 0 Å². The highest BCUT2D eigenvalue weighted by Gasteiger charge is 2.37. The molecule has 1 aliphatic carbocycles. The summed E-state index contributed by atoms with van der Waals surface area (Å²) < 4.78 is 0. The van der Waals surface area contributed by atoms with E-state index in [1.165, 1.54) is 0 Å². The summed E-state index contributed by atoms with van der Waals surface area (Å²) in [5, 5.41) is 27.2. The van der Waals surface area contributed by atoms with E-state index in [0.29, 0.717) is 12.8 Å². The first-order chi connectivity index (χ1) is 7.41. The molecule has 4 atom stereocenters. The maximum Gasteiger partial charge on any atom is 0.303 e. The number of carbonyl (C=O) groups is 2. The highest BCUT2D eigenvalue weighted by Crippen LogP contribution is 2.38. The zero-order chi connectivity index (χ0) is 12.3. The Hall–Kier alpha value is -1.10. The average Bonchev–Trinajstić information content (AvgIpc) is 2.16. The maximum absolute atomic E-state index is 10.7. The van der Waals surface area contributed by atoms with Gasteiger partial charge in [0.15, 0.2) is 0 Å². The molecule has 0 aromatic heterocycles. The van der Waals surface area contributed by atoms with E-state index in [1.54, 1.807) is 6.92 Å². The molecular formula is C11H18O5. The lowest BCUT2D eigenvalue weighted by Crippen LogP contribution is -2.38. The van der Waals surface area contributed by atoms with E-state index in [2.05, 4.69) is 0 Å². The number of aliphatic hydroxyl groups excluding tert-OH is 1. The van der Waals surface area contributed by atoms with Crippen molar-refractivity contribution in [1.82, 2.24) is 0 Å². The number of hydrogen-bond acceptors (Lipinski definition) is 3. The molecule has 1 saturated carbocycles. The lowest BCUT2D eigenvalue weighted by Gasteiger charge is -2.38. The Bertz CT molecular complexity index is 276. The topological polar surface area (TPSA) is 94.8 Å². The lowest BCUT2D eigenvalue weighted by molar-refractivity contribution is -0.144. The third-order valence-electron chi connectivity index (χ3n) is 3.57. The van der Waals surface area contributed by atoms with Crippen LogP contribution in [0.4, 0.5) is 0 Å². The highest BCUT2D eigenvalue weighted by atomic mass is 16.4. The van der Waals surface area contributed by atoms with E-state index < -0.39 is 18.0 Å². The molecule has 1 fully saturated rings. The van der Waals surface area contributed by atoms with Gasteiger partial charge in [0.1, 0.15) is 0 Å². The molecule has 16 heavy (non-hydrogen) atoms. The Balaban J connectivity index is 2.72. The zero-order valence-electron chi connectivity index (χ0n) is 9.30. The van der Waals surface area contributed by atoms with E-state index in [4.69, 9.17) is 10.2 Å². The van der Waals surface area contributed by atoms with Crippen molar-refractivity contribution in [2.75, 3.05) is 0 Å². The van der Waals surface area contributed by atoms with Crippen LogP contribution >= 0.6 is 0 Å². The molecular weight excluding hydrogens is 212 g/mol. The van der Waals surface area contributed by atoms with Crippen LogP contribution in [0, 0.1) is 17.8 Å². The Kier molecular flexibility index (Phi) is 4.29. The molecule has 0 bridgehead atoms. The molecule has 5 heteroatoms. The maximum atomic E-state index is 10.7. The fourth-order valence-corrected chi connectivity index (χ4v) is 2.61. The van der Waals surface area contributed by atoms with Crippen LogP contribution < -0.4 is 0 Å². The minimum absolute atomic E-state index is 0.00495. The summed E-state index contributed by atoms with van der Waals surface area (Å²) in [5.74, 6) is -2.34. The predicted molar refractivity (Wildman–Crippen MR) is 55.9 cm³/mol. The molecule has 0 aromatic carbocycles. The molecule has 0 spiro atoms. The number of carboxylic acids is 2. The van der Waals surface area contributed by atoms with E-state index in [-0.39, 0.29) is 30.6 Å². The van der Waals surface area contributed by atoms with E-state index in [9.17, 15) is 14.7 Å². The van der Waals surface area contributed by atoms with Gasteiger partial charge in [-0.15, -0.1) is 0 Å². The van der Waals surface area contributed by atoms with Crippen molar-refractivity contribution in [2.45, 2.75) is 38.7 Å². The first-order valence-corrected chi connectivity index (χ1v) is 5.53. The fraction of sp³-hybridized carbons (Fsp3) is 0.818.